The first-order valence-electron chi connectivity index (χ1n) is 12.9. The number of hydrogen-bond acceptors (Lipinski definition) is 9. The second-order valence-corrected chi connectivity index (χ2v) is 13.4. The molecule has 1 unspecified atom stereocenters. The maximum absolute atomic E-state index is 13.3. The molecule has 240 valence electrons. The smallest absolute Gasteiger partial charge is 0.382 e. The fourth-order valence-corrected chi connectivity index (χ4v) is 6.80. The number of carbonyl (C=O) groups is 1. The van der Waals surface area contributed by atoms with Gasteiger partial charge < -0.3 is 18.6 Å². The molecule has 0 aliphatic carbocycles. The van der Waals surface area contributed by atoms with Crippen molar-refractivity contribution >= 4 is 43.3 Å². The number of ether oxygens (including phenoxy) is 2. The lowest BCUT2D eigenvalue weighted by Gasteiger charge is -2.31. The van der Waals surface area contributed by atoms with E-state index in [9.17, 15) is 39.6 Å². The normalized spacial score (nSPS) is 18.6. The van der Waals surface area contributed by atoms with E-state index in [1.54, 1.807) is 11.4 Å². The highest BCUT2D eigenvalue weighted by atomic mass is 79.9. The maximum Gasteiger partial charge on any atom is 0.435 e. The van der Waals surface area contributed by atoms with Crippen molar-refractivity contribution in [3.05, 3.63) is 61.3 Å². The summed E-state index contributed by atoms with van der Waals surface area (Å²) in [6.07, 6.45) is -9.30. The quantitative estimate of drug-likeness (QED) is 0.237. The van der Waals surface area contributed by atoms with Crippen LogP contribution in [0.15, 0.2) is 28.1 Å². The molecule has 4 heterocycles. The van der Waals surface area contributed by atoms with Crippen molar-refractivity contribution in [1.29, 1.82) is 0 Å². The van der Waals surface area contributed by atoms with Gasteiger partial charge in [-0.3, -0.25) is 9.48 Å². The minimum absolute atomic E-state index is 0.0194. The Balaban J connectivity index is 1.21. The average Bonchev–Trinajstić information content (AvgIpc) is 3.53. The van der Waals surface area contributed by atoms with Gasteiger partial charge in [-0.25, -0.2) is 4.98 Å². The molecule has 0 bridgehead atoms. The summed E-state index contributed by atoms with van der Waals surface area (Å²) in [6, 6.07) is 3.04. The third-order valence-electron chi connectivity index (χ3n) is 6.95. The van der Waals surface area contributed by atoms with Crippen LogP contribution >= 0.6 is 27.3 Å². The minimum Gasteiger partial charge on any atom is -0.382 e. The van der Waals surface area contributed by atoms with Gasteiger partial charge >= 0.3 is 22.5 Å². The van der Waals surface area contributed by atoms with E-state index < -0.39 is 52.6 Å². The van der Waals surface area contributed by atoms with Crippen LogP contribution in [0.25, 0.3) is 0 Å². The van der Waals surface area contributed by atoms with Gasteiger partial charge in [0.2, 0.25) is 12.2 Å². The topological polar surface area (TPSA) is 113 Å². The van der Waals surface area contributed by atoms with Gasteiger partial charge in [0.15, 0.2) is 5.69 Å². The lowest BCUT2D eigenvalue weighted by Crippen LogP contribution is -2.40. The van der Waals surface area contributed by atoms with E-state index in [-0.39, 0.29) is 48.7 Å². The highest BCUT2D eigenvalue weighted by Gasteiger charge is 2.42. The second kappa shape index (κ2) is 12.2. The number of halogens is 7. The Bertz CT molecular complexity index is 1650. The van der Waals surface area contributed by atoms with Crippen LogP contribution in [-0.2, 0) is 56.5 Å². The number of amides is 1. The highest BCUT2D eigenvalue weighted by molar-refractivity contribution is 9.10. The number of fused-ring (bicyclic) bond motifs is 1. The maximum atomic E-state index is 13.3. The van der Waals surface area contributed by atoms with Crippen LogP contribution in [0, 0.1) is 0 Å². The minimum atomic E-state index is -5.12. The van der Waals surface area contributed by atoms with Crippen LogP contribution in [-0.4, -0.2) is 53.3 Å². The van der Waals surface area contributed by atoms with E-state index >= 15 is 0 Å². The number of alkyl halides is 6. The summed E-state index contributed by atoms with van der Waals surface area (Å²) in [5, 5.41) is 5.47. The number of benzene rings is 1. The van der Waals surface area contributed by atoms with Crippen LogP contribution in [0.1, 0.15) is 58.3 Å². The van der Waals surface area contributed by atoms with Gasteiger partial charge in [0, 0.05) is 46.1 Å². The average molecular weight is 734 g/mol. The summed E-state index contributed by atoms with van der Waals surface area (Å²) in [4.78, 5) is 18.7. The summed E-state index contributed by atoms with van der Waals surface area (Å²) < 4.78 is 120. The van der Waals surface area contributed by atoms with Crippen molar-refractivity contribution < 1.29 is 53.2 Å². The van der Waals surface area contributed by atoms with Crippen molar-refractivity contribution in [1.82, 2.24) is 19.7 Å². The molecule has 19 heteroatoms. The molecule has 0 spiro atoms. The Kier molecular flexibility index (Phi) is 9.07. The zero-order valence-corrected chi connectivity index (χ0v) is 25.8. The molecule has 5 rings (SSSR count). The lowest BCUT2D eigenvalue weighted by atomic mass is 9.97. The monoisotopic (exact) mass is 732 g/mol. The standard InChI is InChI=1S/C25H23BrF6N4O6S2/c1-44(38,39)42-18-3-2-16(26)14-10-40-23(41-11-15(14)18)17-12-43-22(33-17)13-4-6-35(7-5-13)21(37)9-36-20(25(30,31)32)8-19(34-36)24(27,28)29/h2-3,8,12-13,23H,4-7,9-11H2,1H3. The van der Waals surface area contributed by atoms with Crippen LogP contribution in [0.3, 0.4) is 0 Å². The van der Waals surface area contributed by atoms with Gasteiger partial charge in [0.25, 0.3) is 0 Å². The Morgan fingerprint density at radius 2 is 1.75 bits per heavy atom. The predicted octanol–water partition coefficient (Wildman–Crippen LogP) is 5.63. The number of hydrogen-bond donors (Lipinski definition) is 0. The largest absolute Gasteiger partial charge is 0.435 e. The molecule has 0 N–H and O–H groups in total. The molecule has 1 aromatic carbocycles. The van der Waals surface area contributed by atoms with Gasteiger partial charge in [0.1, 0.15) is 23.7 Å². The zero-order chi connectivity index (χ0) is 32.0. The molecule has 44 heavy (non-hydrogen) atoms. The van der Waals surface area contributed by atoms with Crippen molar-refractivity contribution in [2.75, 3.05) is 19.3 Å². The van der Waals surface area contributed by atoms with E-state index in [1.165, 1.54) is 22.3 Å². The van der Waals surface area contributed by atoms with Crippen molar-refractivity contribution in [3.8, 4) is 5.75 Å². The molecule has 1 atom stereocenters. The molecule has 2 aliphatic rings. The molecular formula is C25H23BrF6N4O6S2. The molecular weight excluding hydrogens is 710 g/mol. The lowest BCUT2D eigenvalue weighted by molar-refractivity contribution is -0.155. The highest BCUT2D eigenvalue weighted by Crippen LogP contribution is 2.39. The van der Waals surface area contributed by atoms with Gasteiger partial charge in [-0.1, -0.05) is 15.9 Å². The van der Waals surface area contributed by atoms with Crippen molar-refractivity contribution in [3.63, 3.8) is 0 Å². The first kappa shape index (κ1) is 32.6. The molecule has 1 amide bonds. The van der Waals surface area contributed by atoms with E-state index in [2.05, 4.69) is 26.0 Å². The predicted molar refractivity (Wildman–Crippen MR) is 145 cm³/mol. The number of nitrogens with zero attached hydrogens (tertiary/aromatic N) is 4. The van der Waals surface area contributed by atoms with E-state index in [0.29, 0.717) is 34.1 Å². The summed E-state index contributed by atoms with van der Waals surface area (Å²) >= 11 is 4.78. The van der Waals surface area contributed by atoms with Crippen LogP contribution in [0.2, 0.25) is 0 Å². The van der Waals surface area contributed by atoms with Crippen LogP contribution in [0.5, 0.6) is 5.75 Å². The summed E-state index contributed by atoms with van der Waals surface area (Å²) in [7, 11) is -3.79. The Morgan fingerprint density at radius 3 is 2.36 bits per heavy atom. The fraction of sp³-hybridized carbons (Fsp3) is 0.480. The number of thiazole rings is 1. The van der Waals surface area contributed by atoms with Gasteiger partial charge in [0.05, 0.1) is 24.5 Å². The third-order valence-corrected chi connectivity index (χ3v) is 9.20. The summed E-state index contributed by atoms with van der Waals surface area (Å²) in [6.45, 7) is -0.602. The van der Waals surface area contributed by atoms with Gasteiger partial charge in [-0.15, -0.1) is 11.3 Å². The number of likely N-dealkylation sites (tertiary alicyclic amines) is 1. The SMILES string of the molecule is CS(=O)(=O)Oc1ccc(Br)c2c1COC(c1csc(C3CCN(C(=O)Cn4nc(C(F)(F)F)cc4C(F)(F)F)CC3)n1)OC2. The van der Waals surface area contributed by atoms with E-state index in [1.807, 2.05) is 0 Å². The molecule has 10 nitrogen and oxygen atoms in total. The molecule has 1 fully saturated rings. The Hall–Kier alpha value is -2.74. The number of rotatable bonds is 6. The summed E-state index contributed by atoms with van der Waals surface area (Å²) in [5.74, 6) is -0.744. The first-order valence-corrected chi connectivity index (χ1v) is 16.4. The molecule has 3 aromatic rings. The number of aromatic nitrogens is 3. The molecule has 1 saturated heterocycles. The Morgan fingerprint density at radius 1 is 1.09 bits per heavy atom. The number of carbonyl (C=O) groups excluding carboxylic acids is 1. The molecule has 0 saturated carbocycles. The fourth-order valence-electron chi connectivity index (χ4n) is 4.84. The van der Waals surface area contributed by atoms with Crippen molar-refractivity contribution in [2.45, 2.75) is 57.2 Å². The second-order valence-electron chi connectivity index (χ2n) is 10.1. The van der Waals surface area contributed by atoms with Crippen LogP contribution in [0.4, 0.5) is 26.3 Å². The molecule has 2 aliphatic heterocycles. The molecule has 2 aromatic heterocycles. The van der Waals surface area contributed by atoms with E-state index in [0.717, 1.165) is 11.3 Å². The number of piperidine rings is 1. The van der Waals surface area contributed by atoms with Gasteiger partial charge in [-0.2, -0.15) is 39.9 Å². The zero-order valence-electron chi connectivity index (χ0n) is 22.6. The van der Waals surface area contributed by atoms with E-state index in [4.69, 9.17) is 13.7 Å². The van der Waals surface area contributed by atoms with Crippen LogP contribution < -0.4 is 4.18 Å². The van der Waals surface area contributed by atoms with Gasteiger partial charge in [-0.05, 0) is 25.0 Å². The summed E-state index contributed by atoms with van der Waals surface area (Å²) in [5.41, 5.74) is -1.73. The first-order chi connectivity index (χ1) is 20.5. The van der Waals surface area contributed by atoms with Crippen molar-refractivity contribution in [2.24, 2.45) is 0 Å². The third kappa shape index (κ3) is 7.38. The molecule has 0 radical (unpaired) electrons. The Labute approximate surface area is 259 Å².